The van der Waals surface area contributed by atoms with Crippen LogP contribution in [0.1, 0.15) is 41.4 Å². The van der Waals surface area contributed by atoms with Gasteiger partial charge in [0.15, 0.2) is 0 Å². The van der Waals surface area contributed by atoms with Crippen LogP contribution in [0.15, 0.2) is 61.1 Å². The van der Waals surface area contributed by atoms with Gasteiger partial charge < -0.3 is 4.90 Å². The number of carbonyl (C=O) groups is 1. The van der Waals surface area contributed by atoms with E-state index in [4.69, 9.17) is 4.98 Å². The van der Waals surface area contributed by atoms with Gasteiger partial charge in [0.1, 0.15) is 5.82 Å². The number of piperidine rings is 1. The van der Waals surface area contributed by atoms with Crippen molar-refractivity contribution in [2.45, 2.75) is 32.6 Å². The van der Waals surface area contributed by atoms with E-state index < -0.39 is 0 Å². The molecule has 30 heavy (non-hydrogen) atoms. The molecule has 3 aromatic rings. The predicted octanol–water partition coefficient (Wildman–Crippen LogP) is 4.57. The van der Waals surface area contributed by atoms with Gasteiger partial charge in [-0.25, -0.2) is 9.97 Å². The Bertz CT molecular complexity index is 1060. The molecule has 0 saturated carbocycles. The van der Waals surface area contributed by atoms with Crippen LogP contribution < -0.4 is 0 Å². The summed E-state index contributed by atoms with van der Waals surface area (Å²) in [4.78, 5) is 28.1. The van der Waals surface area contributed by atoms with Gasteiger partial charge in [0.25, 0.3) is 0 Å². The molecule has 0 radical (unpaired) electrons. The van der Waals surface area contributed by atoms with Crippen LogP contribution in [-0.4, -0.2) is 38.8 Å². The van der Waals surface area contributed by atoms with Crippen molar-refractivity contribution >= 4 is 12.0 Å². The molecule has 152 valence electrons. The van der Waals surface area contributed by atoms with E-state index in [1.165, 1.54) is 5.56 Å². The summed E-state index contributed by atoms with van der Waals surface area (Å²) in [6, 6.07) is 12.2. The maximum absolute atomic E-state index is 12.8. The molecule has 1 unspecified atom stereocenters. The van der Waals surface area contributed by atoms with E-state index in [9.17, 15) is 4.79 Å². The van der Waals surface area contributed by atoms with Gasteiger partial charge in [-0.2, -0.15) is 0 Å². The number of hydrogen-bond acceptors (Lipinski definition) is 4. The lowest BCUT2D eigenvalue weighted by Gasteiger charge is -2.32. The summed E-state index contributed by atoms with van der Waals surface area (Å²) < 4.78 is 0. The second-order valence-electron chi connectivity index (χ2n) is 7.83. The summed E-state index contributed by atoms with van der Waals surface area (Å²) in [5.74, 6) is 1.000. The molecule has 3 heterocycles. The lowest BCUT2D eigenvalue weighted by atomic mass is 9.89. The van der Waals surface area contributed by atoms with Gasteiger partial charge in [-0.15, -0.1) is 0 Å². The van der Waals surface area contributed by atoms with Crippen molar-refractivity contribution in [2.24, 2.45) is 0 Å². The van der Waals surface area contributed by atoms with Crippen LogP contribution in [-0.2, 0) is 4.79 Å². The molecule has 2 aromatic heterocycles. The third-order valence-electron chi connectivity index (χ3n) is 5.49. The zero-order valence-corrected chi connectivity index (χ0v) is 17.5. The summed E-state index contributed by atoms with van der Waals surface area (Å²) in [5, 5.41) is 0. The van der Waals surface area contributed by atoms with Crippen LogP contribution in [0.2, 0.25) is 0 Å². The van der Waals surface area contributed by atoms with E-state index in [0.717, 1.165) is 47.6 Å². The number of likely N-dealkylation sites (tertiary alicyclic amines) is 1. The van der Waals surface area contributed by atoms with Crippen LogP contribution >= 0.6 is 0 Å². The molecule has 1 saturated heterocycles. The molecular formula is C25H26N4O. The highest BCUT2D eigenvalue weighted by molar-refractivity contribution is 5.91. The minimum absolute atomic E-state index is 0.0337. The second kappa shape index (κ2) is 8.99. The second-order valence-corrected chi connectivity index (χ2v) is 7.83. The summed E-state index contributed by atoms with van der Waals surface area (Å²) in [7, 11) is 0. The van der Waals surface area contributed by atoms with E-state index in [1.54, 1.807) is 18.5 Å². The fourth-order valence-corrected chi connectivity index (χ4v) is 3.98. The van der Waals surface area contributed by atoms with Crippen LogP contribution in [0.25, 0.3) is 17.2 Å². The normalized spacial score (nSPS) is 16.7. The standard InChI is InChI=1S/C25H26N4O/c1-18-6-3-8-21(14-18)23-16-27-19(2)28-25(23)22-9-5-13-29(17-22)24(30)11-10-20-7-4-12-26-15-20/h3-4,6-8,10-12,14-16,22H,5,9,13,17H2,1-2H3. The van der Waals surface area contributed by atoms with Crippen molar-refractivity contribution < 1.29 is 4.79 Å². The zero-order chi connectivity index (χ0) is 20.9. The third kappa shape index (κ3) is 4.62. The minimum atomic E-state index is 0.0337. The maximum atomic E-state index is 12.8. The van der Waals surface area contributed by atoms with E-state index >= 15 is 0 Å². The quantitative estimate of drug-likeness (QED) is 0.604. The number of carbonyl (C=O) groups excluding carboxylic acids is 1. The van der Waals surface area contributed by atoms with Crippen molar-refractivity contribution in [2.75, 3.05) is 13.1 Å². The molecule has 1 aliphatic heterocycles. The molecule has 1 aliphatic rings. The molecule has 4 rings (SSSR count). The van der Waals surface area contributed by atoms with Crippen LogP contribution in [0, 0.1) is 13.8 Å². The number of aromatic nitrogens is 3. The van der Waals surface area contributed by atoms with Crippen molar-refractivity contribution in [3.63, 3.8) is 0 Å². The lowest BCUT2D eigenvalue weighted by molar-refractivity contribution is -0.127. The Morgan fingerprint density at radius 1 is 1.17 bits per heavy atom. The molecule has 0 aliphatic carbocycles. The number of aryl methyl sites for hydroxylation is 2. The van der Waals surface area contributed by atoms with Gasteiger partial charge in [-0.1, -0.05) is 35.9 Å². The summed E-state index contributed by atoms with van der Waals surface area (Å²) in [6.45, 7) is 5.46. The first-order chi connectivity index (χ1) is 14.6. The summed E-state index contributed by atoms with van der Waals surface area (Å²) in [5.41, 5.74) is 5.37. The zero-order valence-electron chi connectivity index (χ0n) is 17.5. The molecule has 1 fully saturated rings. The predicted molar refractivity (Wildman–Crippen MR) is 119 cm³/mol. The first-order valence-corrected chi connectivity index (χ1v) is 10.4. The first kappa shape index (κ1) is 20.0. The van der Waals surface area contributed by atoms with Crippen LogP contribution in [0.5, 0.6) is 0 Å². The SMILES string of the molecule is Cc1cccc(-c2cnc(C)nc2C2CCCN(C(=O)C=Cc3cccnc3)C2)c1. The average molecular weight is 399 g/mol. The first-order valence-electron chi connectivity index (χ1n) is 10.4. The molecule has 1 aromatic carbocycles. The average Bonchev–Trinajstić information content (AvgIpc) is 2.78. The highest BCUT2D eigenvalue weighted by atomic mass is 16.2. The van der Waals surface area contributed by atoms with Crippen LogP contribution in [0.4, 0.5) is 0 Å². The number of benzene rings is 1. The van der Waals surface area contributed by atoms with Gasteiger partial charge in [0.2, 0.25) is 5.91 Å². The van der Waals surface area contributed by atoms with Crippen molar-refractivity contribution in [3.05, 3.63) is 83.7 Å². The molecule has 1 atom stereocenters. The van der Waals surface area contributed by atoms with Crippen molar-refractivity contribution in [1.82, 2.24) is 19.9 Å². The third-order valence-corrected chi connectivity index (χ3v) is 5.49. The highest BCUT2D eigenvalue weighted by Gasteiger charge is 2.27. The van der Waals surface area contributed by atoms with Gasteiger partial charge in [0.05, 0.1) is 5.69 Å². The van der Waals surface area contributed by atoms with Gasteiger partial charge >= 0.3 is 0 Å². The lowest BCUT2D eigenvalue weighted by Crippen LogP contribution is -2.38. The topological polar surface area (TPSA) is 59.0 Å². The van der Waals surface area contributed by atoms with E-state index in [2.05, 4.69) is 41.2 Å². The molecule has 5 heteroatoms. The molecule has 5 nitrogen and oxygen atoms in total. The Kier molecular flexibility index (Phi) is 5.98. The minimum Gasteiger partial charge on any atom is -0.338 e. The molecule has 0 bridgehead atoms. The summed E-state index contributed by atoms with van der Waals surface area (Å²) in [6.07, 6.45) is 10.9. The van der Waals surface area contributed by atoms with Crippen LogP contribution in [0.3, 0.4) is 0 Å². The number of pyridine rings is 1. The molecule has 1 amide bonds. The highest BCUT2D eigenvalue weighted by Crippen LogP contribution is 2.33. The Hall–Kier alpha value is -3.34. The Morgan fingerprint density at radius 3 is 2.87 bits per heavy atom. The monoisotopic (exact) mass is 398 g/mol. The number of amides is 1. The molecular weight excluding hydrogens is 372 g/mol. The van der Waals surface area contributed by atoms with Gasteiger partial charge in [-0.05, 0) is 50.0 Å². The summed E-state index contributed by atoms with van der Waals surface area (Å²) >= 11 is 0. The number of rotatable bonds is 4. The van der Waals surface area contributed by atoms with E-state index in [1.807, 2.05) is 36.2 Å². The smallest absolute Gasteiger partial charge is 0.246 e. The molecule has 0 spiro atoms. The fraction of sp³-hybridized carbons (Fsp3) is 0.280. The number of nitrogens with zero attached hydrogens (tertiary/aromatic N) is 4. The van der Waals surface area contributed by atoms with Gasteiger partial charge in [0, 0.05) is 49.2 Å². The Balaban J connectivity index is 1.57. The van der Waals surface area contributed by atoms with E-state index in [-0.39, 0.29) is 11.8 Å². The largest absolute Gasteiger partial charge is 0.338 e. The van der Waals surface area contributed by atoms with Crippen molar-refractivity contribution in [3.8, 4) is 11.1 Å². The van der Waals surface area contributed by atoms with Crippen molar-refractivity contribution in [1.29, 1.82) is 0 Å². The van der Waals surface area contributed by atoms with Gasteiger partial charge in [-0.3, -0.25) is 9.78 Å². The molecule has 0 N–H and O–H groups in total. The maximum Gasteiger partial charge on any atom is 0.246 e. The van der Waals surface area contributed by atoms with E-state index in [0.29, 0.717) is 6.54 Å². The fourth-order valence-electron chi connectivity index (χ4n) is 3.98. The number of hydrogen-bond donors (Lipinski definition) is 0. The Labute approximate surface area is 177 Å². The Morgan fingerprint density at radius 2 is 2.07 bits per heavy atom.